The normalized spacial score (nSPS) is 9.89. The van der Waals surface area contributed by atoms with Crippen molar-refractivity contribution in [3.63, 3.8) is 0 Å². The SMILES string of the molecule is C=Cc1ccc(C(=O)N(CC)CC)cc1[N+](=O)[O-]. The molecule has 0 spiro atoms. The van der Waals surface area contributed by atoms with Crippen LogP contribution >= 0.6 is 0 Å². The van der Waals surface area contributed by atoms with E-state index in [9.17, 15) is 14.9 Å². The van der Waals surface area contributed by atoms with Gasteiger partial charge < -0.3 is 4.90 Å². The summed E-state index contributed by atoms with van der Waals surface area (Å²) in [6, 6.07) is 4.43. The molecular weight excluding hydrogens is 232 g/mol. The Balaban J connectivity index is 3.19. The number of rotatable bonds is 5. The summed E-state index contributed by atoms with van der Waals surface area (Å²) < 4.78 is 0. The molecule has 0 saturated heterocycles. The second-order valence-corrected chi connectivity index (χ2v) is 3.71. The third-order valence-corrected chi connectivity index (χ3v) is 2.74. The smallest absolute Gasteiger partial charge is 0.277 e. The fourth-order valence-corrected chi connectivity index (χ4v) is 1.70. The van der Waals surface area contributed by atoms with Gasteiger partial charge in [0.1, 0.15) is 0 Å². The first-order valence-electron chi connectivity index (χ1n) is 5.75. The maximum atomic E-state index is 12.1. The van der Waals surface area contributed by atoms with Gasteiger partial charge in [-0.2, -0.15) is 0 Å². The molecule has 0 aliphatic carbocycles. The highest BCUT2D eigenvalue weighted by molar-refractivity contribution is 5.95. The molecular formula is C13H16N2O3. The first-order chi connectivity index (χ1) is 8.54. The van der Waals surface area contributed by atoms with Crippen molar-refractivity contribution in [1.82, 2.24) is 4.90 Å². The standard InChI is InChI=1S/C13H16N2O3/c1-4-10-7-8-11(9-12(10)15(17)18)13(16)14(5-2)6-3/h4,7-9H,1,5-6H2,2-3H3. The van der Waals surface area contributed by atoms with Crippen molar-refractivity contribution in [3.05, 3.63) is 46.0 Å². The Kier molecular flexibility index (Phi) is 4.59. The number of carbonyl (C=O) groups excluding carboxylic acids is 1. The summed E-state index contributed by atoms with van der Waals surface area (Å²) in [5, 5.41) is 10.9. The van der Waals surface area contributed by atoms with Gasteiger partial charge in [-0.1, -0.05) is 12.7 Å². The first kappa shape index (κ1) is 13.9. The van der Waals surface area contributed by atoms with Crippen molar-refractivity contribution in [3.8, 4) is 0 Å². The maximum absolute atomic E-state index is 12.1. The summed E-state index contributed by atoms with van der Waals surface area (Å²) >= 11 is 0. The summed E-state index contributed by atoms with van der Waals surface area (Å²) in [4.78, 5) is 24.1. The molecule has 0 saturated carbocycles. The molecule has 0 radical (unpaired) electrons. The minimum Gasteiger partial charge on any atom is -0.339 e. The molecule has 1 rings (SSSR count). The molecule has 0 heterocycles. The van der Waals surface area contributed by atoms with Crippen LogP contribution in [0.1, 0.15) is 29.8 Å². The number of hydrogen-bond donors (Lipinski definition) is 0. The fourth-order valence-electron chi connectivity index (χ4n) is 1.70. The number of amides is 1. The molecule has 18 heavy (non-hydrogen) atoms. The molecule has 0 unspecified atom stereocenters. The van der Waals surface area contributed by atoms with Crippen LogP contribution in [0.5, 0.6) is 0 Å². The van der Waals surface area contributed by atoms with Crippen molar-refractivity contribution >= 4 is 17.7 Å². The molecule has 1 aromatic carbocycles. The van der Waals surface area contributed by atoms with Crippen molar-refractivity contribution in [1.29, 1.82) is 0 Å². The van der Waals surface area contributed by atoms with Crippen LogP contribution in [-0.4, -0.2) is 28.8 Å². The second kappa shape index (κ2) is 5.95. The summed E-state index contributed by atoms with van der Waals surface area (Å²) in [5.41, 5.74) is 0.648. The predicted octanol–water partition coefficient (Wildman–Crippen LogP) is 2.72. The zero-order chi connectivity index (χ0) is 13.7. The molecule has 1 amide bonds. The molecule has 5 heteroatoms. The largest absolute Gasteiger partial charge is 0.339 e. The van der Waals surface area contributed by atoms with E-state index in [-0.39, 0.29) is 11.6 Å². The number of nitro groups is 1. The van der Waals surface area contributed by atoms with Gasteiger partial charge in [-0.15, -0.1) is 0 Å². The highest BCUT2D eigenvalue weighted by Crippen LogP contribution is 2.22. The van der Waals surface area contributed by atoms with Gasteiger partial charge in [0.15, 0.2) is 0 Å². The van der Waals surface area contributed by atoms with Gasteiger partial charge in [0.2, 0.25) is 0 Å². The van der Waals surface area contributed by atoms with Crippen LogP contribution in [0.3, 0.4) is 0 Å². The Hall–Kier alpha value is -2.17. The number of carbonyl (C=O) groups is 1. The van der Waals surface area contributed by atoms with Crippen molar-refractivity contribution in [2.24, 2.45) is 0 Å². The zero-order valence-corrected chi connectivity index (χ0v) is 10.5. The van der Waals surface area contributed by atoms with Gasteiger partial charge in [-0.3, -0.25) is 14.9 Å². The molecule has 5 nitrogen and oxygen atoms in total. The lowest BCUT2D eigenvalue weighted by Crippen LogP contribution is -2.30. The number of hydrogen-bond acceptors (Lipinski definition) is 3. The van der Waals surface area contributed by atoms with E-state index >= 15 is 0 Å². The Morgan fingerprint density at radius 2 is 2.06 bits per heavy atom. The highest BCUT2D eigenvalue weighted by Gasteiger charge is 2.18. The van der Waals surface area contributed by atoms with E-state index in [4.69, 9.17) is 0 Å². The average molecular weight is 248 g/mol. The van der Waals surface area contributed by atoms with Crippen LogP contribution in [0.15, 0.2) is 24.8 Å². The van der Waals surface area contributed by atoms with Gasteiger partial charge in [0.25, 0.3) is 11.6 Å². The van der Waals surface area contributed by atoms with Gasteiger partial charge in [-0.25, -0.2) is 0 Å². The number of benzene rings is 1. The number of nitrogens with zero attached hydrogens (tertiary/aromatic N) is 2. The van der Waals surface area contributed by atoms with Crippen molar-refractivity contribution in [2.45, 2.75) is 13.8 Å². The van der Waals surface area contributed by atoms with Gasteiger partial charge in [0, 0.05) is 24.7 Å². The Morgan fingerprint density at radius 3 is 2.50 bits per heavy atom. The van der Waals surface area contributed by atoms with Gasteiger partial charge in [-0.05, 0) is 26.0 Å². The zero-order valence-electron chi connectivity index (χ0n) is 10.5. The van der Waals surface area contributed by atoms with E-state index in [0.717, 1.165) is 0 Å². The van der Waals surface area contributed by atoms with Gasteiger partial charge in [0.05, 0.1) is 10.5 Å². The minimum absolute atomic E-state index is 0.0944. The van der Waals surface area contributed by atoms with E-state index in [1.165, 1.54) is 12.1 Å². The van der Waals surface area contributed by atoms with E-state index in [2.05, 4.69) is 6.58 Å². The Bertz CT molecular complexity index is 479. The molecule has 0 aromatic heterocycles. The summed E-state index contributed by atoms with van der Waals surface area (Å²) in [5.74, 6) is -0.196. The predicted molar refractivity (Wildman–Crippen MR) is 70.4 cm³/mol. The van der Waals surface area contributed by atoms with Crippen LogP contribution in [0.25, 0.3) is 6.08 Å². The molecule has 0 aliphatic heterocycles. The lowest BCUT2D eigenvalue weighted by atomic mass is 10.1. The van der Waals surface area contributed by atoms with E-state index in [1.54, 1.807) is 17.0 Å². The maximum Gasteiger partial charge on any atom is 0.277 e. The van der Waals surface area contributed by atoms with Crippen LogP contribution in [-0.2, 0) is 0 Å². The van der Waals surface area contributed by atoms with Crippen molar-refractivity contribution < 1.29 is 9.72 Å². The van der Waals surface area contributed by atoms with Crippen LogP contribution in [0.4, 0.5) is 5.69 Å². The molecule has 0 fully saturated rings. The molecule has 0 atom stereocenters. The molecule has 1 aromatic rings. The lowest BCUT2D eigenvalue weighted by molar-refractivity contribution is -0.385. The average Bonchev–Trinajstić information content (AvgIpc) is 2.39. The van der Waals surface area contributed by atoms with E-state index in [1.807, 2.05) is 13.8 Å². The monoisotopic (exact) mass is 248 g/mol. The fraction of sp³-hybridized carbons (Fsp3) is 0.308. The highest BCUT2D eigenvalue weighted by atomic mass is 16.6. The topological polar surface area (TPSA) is 63.5 Å². The first-order valence-corrected chi connectivity index (χ1v) is 5.75. The Labute approximate surface area is 106 Å². The number of nitro benzene ring substituents is 1. The summed E-state index contributed by atoms with van der Waals surface area (Å²) in [6.07, 6.45) is 1.41. The molecule has 0 N–H and O–H groups in total. The second-order valence-electron chi connectivity index (χ2n) is 3.71. The van der Waals surface area contributed by atoms with E-state index in [0.29, 0.717) is 24.2 Å². The van der Waals surface area contributed by atoms with Crippen LogP contribution in [0, 0.1) is 10.1 Å². The summed E-state index contributed by atoms with van der Waals surface area (Å²) in [7, 11) is 0. The third-order valence-electron chi connectivity index (χ3n) is 2.74. The van der Waals surface area contributed by atoms with Gasteiger partial charge >= 0.3 is 0 Å². The molecule has 0 aliphatic rings. The van der Waals surface area contributed by atoms with Crippen molar-refractivity contribution in [2.75, 3.05) is 13.1 Å². The van der Waals surface area contributed by atoms with Crippen LogP contribution in [0.2, 0.25) is 0 Å². The minimum atomic E-state index is -0.504. The lowest BCUT2D eigenvalue weighted by Gasteiger charge is -2.18. The summed E-state index contributed by atoms with van der Waals surface area (Å²) in [6.45, 7) is 8.41. The molecule has 96 valence electrons. The van der Waals surface area contributed by atoms with E-state index < -0.39 is 4.92 Å². The third kappa shape index (κ3) is 2.74. The quantitative estimate of drug-likeness (QED) is 0.594. The Morgan fingerprint density at radius 1 is 1.44 bits per heavy atom. The van der Waals surface area contributed by atoms with Crippen LogP contribution < -0.4 is 0 Å². The molecule has 0 bridgehead atoms.